The molecule has 3 heterocycles. The molecule has 144 valence electrons. The van der Waals surface area contributed by atoms with E-state index in [0.29, 0.717) is 11.6 Å². The number of pyridine rings is 1. The van der Waals surface area contributed by atoms with E-state index < -0.39 is 0 Å². The van der Waals surface area contributed by atoms with Gasteiger partial charge in [0, 0.05) is 56.0 Å². The Labute approximate surface area is 165 Å². The molecule has 1 unspecified atom stereocenters. The first kappa shape index (κ1) is 18.5. The maximum Gasteiger partial charge on any atom is 0.253 e. The van der Waals surface area contributed by atoms with Gasteiger partial charge in [-0.25, -0.2) is 0 Å². The van der Waals surface area contributed by atoms with Crippen LogP contribution in [-0.4, -0.2) is 56.3 Å². The van der Waals surface area contributed by atoms with Gasteiger partial charge in [0.05, 0.1) is 11.0 Å². The van der Waals surface area contributed by atoms with Gasteiger partial charge in [0.15, 0.2) is 0 Å². The molecule has 1 fully saturated rings. The molecule has 0 radical (unpaired) electrons. The summed E-state index contributed by atoms with van der Waals surface area (Å²) in [6.07, 6.45) is 9.14. The normalized spacial score (nSPS) is 17.2. The molecule has 1 aliphatic rings. The summed E-state index contributed by atoms with van der Waals surface area (Å²) < 4.78 is 0. The van der Waals surface area contributed by atoms with Crippen molar-refractivity contribution in [3.05, 3.63) is 66.2 Å². The fraction of sp³-hybridized carbons (Fsp3) is 0.364. The number of carbonyl (C=O) groups is 1. The maximum atomic E-state index is 13.1. The minimum Gasteiger partial charge on any atom is -0.337 e. The molecule has 6 heteroatoms. The second kappa shape index (κ2) is 8.44. The van der Waals surface area contributed by atoms with Gasteiger partial charge >= 0.3 is 0 Å². The van der Waals surface area contributed by atoms with Crippen LogP contribution < -0.4 is 0 Å². The van der Waals surface area contributed by atoms with Crippen LogP contribution in [0.3, 0.4) is 0 Å². The van der Waals surface area contributed by atoms with Gasteiger partial charge in [-0.2, -0.15) is 0 Å². The summed E-state index contributed by atoms with van der Waals surface area (Å²) in [5, 5.41) is 0. The molecule has 1 aromatic carbocycles. The summed E-state index contributed by atoms with van der Waals surface area (Å²) in [6, 6.07) is 10.1. The van der Waals surface area contributed by atoms with Gasteiger partial charge in [-0.05, 0) is 55.3 Å². The molecule has 0 N–H and O–H groups in total. The van der Waals surface area contributed by atoms with Crippen molar-refractivity contribution in [3.8, 4) is 0 Å². The average molecular weight is 375 g/mol. The SMILES string of the molecule is CCN(Cc1ccncc1)C1CCCN(C(=O)c2ccc3nccnc3c2)C1. The van der Waals surface area contributed by atoms with E-state index in [-0.39, 0.29) is 5.91 Å². The number of nitrogens with zero attached hydrogens (tertiary/aromatic N) is 5. The van der Waals surface area contributed by atoms with Gasteiger partial charge < -0.3 is 4.90 Å². The molecule has 6 nitrogen and oxygen atoms in total. The summed E-state index contributed by atoms with van der Waals surface area (Å²) >= 11 is 0. The summed E-state index contributed by atoms with van der Waals surface area (Å²) in [5.41, 5.74) is 3.51. The smallest absolute Gasteiger partial charge is 0.253 e. The van der Waals surface area contributed by atoms with Crippen LogP contribution in [0.5, 0.6) is 0 Å². The van der Waals surface area contributed by atoms with Crippen molar-refractivity contribution in [2.24, 2.45) is 0 Å². The Morgan fingerprint density at radius 2 is 1.89 bits per heavy atom. The molecule has 0 aliphatic carbocycles. The van der Waals surface area contributed by atoms with Crippen LogP contribution in [0.4, 0.5) is 0 Å². The van der Waals surface area contributed by atoms with Crippen molar-refractivity contribution in [2.45, 2.75) is 32.4 Å². The molecule has 3 aromatic rings. The number of likely N-dealkylation sites (tertiary alicyclic amines) is 1. The fourth-order valence-electron chi connectivity index (χ4n) is 3.94. The topological polar surface area (TPSA) is 62.2 Å². The van der Waals surface area contributed by atoms with E-state index in [1.807, 2.05) is 35.5 Å². The zero-order chi connectivity index (χ0) is 19.3. The number of hydrogen-bond donors (Lipinski definition) is 0. The molecule has 1 aliphatic heterocycles. The molecule has 4 rings (SSSR count). The highest BCUT2D eigenvalue weighted by Crippen LogP contribution is 2.21. The first-order valence-electron chi connectivity index (χ1n) is 9.87. The number of benzene rings is 1. The number of aromatic nitrogens is 3. The molecule has 1 amide bonds. The van der Waals surface area contributed by atoms with Crippen LogP contribution in [-0.2, 0) is 6.54 Å². The lowest BCUT2D eigenvalue weighted by molar-refractivity contribution is 0.0569. The Kier molecular flexibility index (Phi) is 5.58. The zero-order valence-electron chi connectivity index (χ0n) is 16.2. The number of likely N-dealkylation sites (N-methyl/N-ethyl adjacent to an activating group) is 1. The van der Waals surface area contributed by atoms with E-state index in [4.69, 9.17) is 0 Å². The lowest BCUT2D eigenvalue weighted by Gasteiger charge is -2.39. The predicted molar refractivity (Wildman–Crippen MR) is 109 cm³/mol. The minimum absolute atomic E-state index is 0.0808. The third-order valence-corrected chi connectivity index (χ3v) is 5.46. The Morgan fingerprint density at radius 1 is 1.11 bits per heavy atom. The predicted octanol–water partition coefficient (Wildman–Crippen LogP) is 3.15. The monoisotopic (exact) mass is 375 g/mol. The highest BCUT2D eigenvalue weighted by Gasteiger charge is 2.28. The second-order valence-electron chi connectivity index (χ2n) is 7.23. The third-order valence-electron chi connectivity index (χ3n) is 5.46. The summed E-state index contributed by atoms with van der Waals surface area (Å²) in [5.74, 6) is 0.0808. The van der Waals surface area contributed by atoms with E-state index >= 15 is 0 Å². The molecule has 1 saturated heterocycles. The summed E-state index contributed by atoms with van der Waals surface area (Å²) in [4.78, 5) is 30.3. The molecule has 2 aromatic heterocycles. The van der Waals surface area contributed by atoms with Crippen molar-refractivity contribution in [1.82, 2.24) is 24.8 Å². The lowest BCUT2D eigenvalue weighted by atomic mass is 10.0. The van der Waals surface area contributed by atoms with Gasteiger partial charge in [0.25, 0.3) is 5.91 Å². The Morgan fingerprint density at radius 3 is 2.68 bits per heavy atom. The van der Waals surface area contributed by atoms with Crippen molar-refractivity contribution in [1.29, 1.82) is 0 Å². The van der Waals surface area contributed by atoms with Crippen molar-refractivity contribution in [3.63, 3.8) is 0 Å². The lowest BCUT2D eigenvalue weighted by Crippen LogP contribution is -2.49. The van der Waals surface area contributed by atoms with E-state index in [1.54, 1.807) is 12.4 Å². The van der Waals surface area contributed by atoms with E-state index in [2.05, 4.69) is 38.9 Å². The van der Waals surface area contributed by atoms with Crippen molar-refractivity contribution >= 4 is 16.9 Å². The first-order chi connectivity index (χ1) is 13.7. The summed E-state index contributed by atoms with van der Waals surface area (Å²) in [7, 11) is 0. The fourth-order valence-corrected chi connectivity index (χ4v) is 3.94. The quantitative estimate of drug-likeness (QED) is 0.685. The molecule has 0 spiro atoms. The zero-order valence-corrected chi connectivity index (χ0v) is 16.2. The van der Waals surface area contributed by atoms with Crippen LogP contribution in [0.1, 0.15) is 35.7 Å². The van der Waals surface area contributed by atoms with Crippen molar-refractivity contribution < 1.29 is 4.79 Å². The highest BCUT2D eigenvalue weighted by atomic mass is 16.2. The number of amides is 1. The van der Waals surface area contributed by atoms with Crippen LogP contribution in [0.15, 0.2) is 55.1 Å². The van der Waals surface area contributed by atoms with Crippen LogP contribution in [0, 0.1) is 0 Å². The standard InChI is InChI=1S/C22H25N5O/c1-2-26(15-17-7-9-23-10-8-17)19-4-3-13-27(16-19)22(28)18-5-6-20-21(14-18)25-12-11-24-20/h5-12,14,19H,2-4,13,15-16H2,1H3. The van der Waals surface area contributed by atoms with E-state index in [9.17, 15) is 4.79 Å². The Hall–Kier alpha value is -2.86. The second-order valence-corrected chi connectivity index (χ2v) is 7.23. The third kappa shape index (κ3) is 4.02. The van der Waals surface area contributed by atoms with Crippen LogP contribution in [0.25, 0.3) is 11.0 Å². The maximum absolute atomic E-state index is 13.1. The molecule has 28 heavy (non-hydrogen) atoms. The van der Waals surface area contributed by atoms with E-state index in [0.717, 1.165) is 50.1 Å². The van der Waals surface area contributed by atoms with Gasteiger partial charge in [-0.1, -0.05) is 6.92 Å². The van der Waals surface area contributed by atoms with Crippen LogP contribution in [0.2, 0.25) is 0 Å². The van der Waals surface area contributed by atoms with Gasteiger partial charge in [-0.3, -0.25) is 24.6 Å². The number of piperidine rings is 1. The molecular formula is C22H25N5O. The van der Waals surface area contributed by atoms with Gasteiger partial charge in [0.2, 0.25) is 0 Å². The average Bonchev–Trinajstić information content (AvgIpc) is 2.77. The van der Waals surface area contributed by atoms with Gasteiger partial charge in [0.1, 0.15) is 0 Å². The van der Waals surface area contributed by atoms with Gasteiger partial charge in [-0.15, -0.1) is 0 Å². The van der Waals surface area contributed by atoms with Crippen molar-refractivity contribution in [2.75, 3.05) is 19.6 Å². The van der Waals surface area contributed by atoms with Crippen LogP contribution >= 0.6 is 0 Å². The molecule has 1 atom stereocenters. The molecular weight excluding hydrogens is 350 g/mol. The summed E-state index contributed by atoms with van der Waals surface area (Å²) in [6.45, 7) is 5.60. The first-order valence-corrected chi connectivity index (χ1v) is 9.87. The van der Waals surface area contributed by atoms with E-state index in [1.165, 1.54) is 5.56 Å². The number of rotatable bonds is 5. The molecule has 0 bridgehead atoms. The minimum atomic E-state index is 0.0808. The largest absolute Gasteiger partial charge is 0.337 e. The Bertz CT molecular complexity index is 946. The number of fused-ring (bicyclic) bond motifs is 1. The number of hydrogen-bond acceptors (Lipinski definition) is 5. The molecule has 0 saturated carbocycles. The highest BCUT2D eigenvalue weighted by molar-refractivity contribution is 5.97. The number of carbonyl (C=O) groups excluding carboxylic acids is 1. The Balaban J connectivity index is 1.48.